The summed E-state index contributed by atoms with van der Waals surface area (Å²) in [6.07, 6.45) is 5.30. The van der Waals surface area contributed by atoms with Crippen LogP contribution in [0.4, 0.5) is 5.82 Å². The van der Waals surface area contributed by atoms with Crippen molar-refractivity contribution in [3.05, 3.63) is 70.6 Å². The predicted molar refractivity (Wildman–Crippen MR) is 131 cm³/mol. The summed E-state index contributed by atoms with van der Waals surface area (Å²) in [6, 6.07) is 11.5. The molecule has 8 heteroatoms. The number of halogens is 1. The van der Waals surface area contributed by atoms with Crippen molar-refractivity contribution in [1.29, 1.82) is 0 Å². The van der Waals surface area contributed by atoms with Crippen LogP contribution in [-0.4, -0.2) is 44.2 Å². The zero-order valence-corrected chi connectivity index (χ0v) is 19.8. The topological polar surface area (TPSA) is 73.1 Å². The first-order valence-corrected chi connectivity index (χ1v) is 11.8. The molecule has 2 aliphatic rings. The Kier molecular flexibility index (Phi) is 4.85. The van der Waals surface area contributed by atoms with E-state index in [9.17, 15) is 4.79 Å². The average molecular weight is 474 g/mol. The summed E-state index contributed by atoms with van der Waals surface area (Å²) < 4.78 is 8.28. The number of fused-ring (bicyclic) bond motifs is 2. The fourth-order valence-electron chi connectivity index (χ4n) is 5.03. The molecule has 1 fully saturated rings. The number of aryl methyl sites for hydroxylation is 2. The van der Waals surface area contributed by atoms with E-state index in [0.29, 0.717) is 17.0 Å². The highest BCUT2D eigenvalue weighted by Crippen LogP contribution is 2.41. The maximum absolute atomic E-state index is 13.0. The third kappa shape index (κ3) is 3.42. The molecule has 1 spiro atoms. The van der Waals surface area contributed by atoms with Crippen molar-refractivity contribution in [3.63, 3.8) is 0 Å². The second-order valence-electron chi connectivity index (χ2n) is 9.28. The molecule has 0 saturated carbocycles. The normalized spacial score (nSPS) is 17.1. The minimum Gasteiger partial charge on any atom is -0.486 e. The van der Waals surface area contributed by atoms with Crippen LogP contribution in [0.2, 0.25) is 5.02 Å². The molecule has 172 valence electrons. The van der Waals surface area contributed by atoms with E-state index in [1.54, 1.807) is 17.2 Å². The molecule has 7 nitrogen and oxygen atoms in total. The first-order chi connectivity index (χ1) is 16.4. The molecule has 4 aromatic rings. The maximum Gasteiger partial charge on any atom is 0.170 e. The van der Waals surface area contributed by atoms with Crippen molar-refractivity contribution in [2.45, 2.75) is 38.7 Å². The van der Waals surface area contributed by atoms with Gasteiger partial charge in [0, 0.05) is 31.0 Å². The number of hydrogen-bond acceptors (Lipinski definition) is 6. The van der Waals surface area contributed by atoms with E-state index < -0.39 is 5.60 Å². The summed E-state index contributed by atoms with van der Waals surface area (Å²) in [5.41, 5.74) is 4.09. The van der Waals surface area contributed by atoms with Crippen LogP contribution in [0.1, 0.15) is 40.7 Å². The number of hydrogen-bond donors (Lipinski definition) is 0. The lowest BCUT2D eigenvalue weighted by molar-refractivity contribution is 0.0231. The Morgan fingerprint density at radius 3 is 2.65 bits per heavy atom. The first kappa shape index (κ1) is 21.1. The average Bonchev–Trinajstić information content (AvgIpc) is 3.26. The second kappa shape index (κ2) is 7.81. The first-order valence-electron chi connectivity index (χ1n) is 11.5. The lowest BCUT2D eigenvalue weighted by Crippen LogP contribution is -2.51. The number of piperidine rings is 1. The summed E-state index contributed by atoms with van der Waals surface area (Å²) in [7, 11) is 0. The van der Waals surface area contributed by atoms with Gasteiger partial charge < -0.3 is 9.64 Å². The monoisotopic (exact) mass is 473 g/mol. The van der Waals surface area contributed by atoms with Crippen LogP contribution in [0.5, 0.6) is 5.75 Å². The number of benzene rings is 2. The Labute approximate surface area is 202 Å². The van der Waals surface area contributed by atoms with Crippen molar-refractivity contribution in [2.75, 3.05) is 18.0 Å². The molecule has 0 radical (unpaired) electrons. The molecule has 0 atom stereocenters. The Bertz CT molecular complexity index is 1440. The molecule has 0 unspecified atom stereocenters. The van der Waals surface area contributed by atoms with Crippen LogP contribution >= 0.6 is 11.6 Å². The lowest BCUT2D eigenvalue weighted by atomic mass is 9.82. The molecule has 0 bridgehead atoms. The number of nitrogens with zero attached hydrogens (tertiary/aromatic N) is 5. The molecule has 0 amide bonds. The number of carbonyl (C=O) groups is 1. The fraction of sp³-hybridized carbons (Fsp3) is 0.308. The summed E-state index contributed by atoms with van der Waals surface area (Å²) >= 11 is 6.18. The number of ketones is 1. The van der Waals surface area contributed by atoms with Crippen molar-refractivity contribution in [1.82, 2.24) is 19.7 Å². The van der Waals surface area contributed by atoms with E-state index in [-0.39, 0.29) is 5.78 Å². The van der Waals surface area contributed by atoms with E-state index in [1.165, 1.54) is 0 Å². The Hall–Kier alpha value is -3.45. The van der Waals surface area contributed by atoms with Gasteiger partial charge in [0.1, 0.15) is 23.5 Å². The third-order valence-electron chi connectivity index (χ3n) is 7.08. The van der Waals surface area contributed by atoms with Gasteiger partial charge >= 0.3 is 0 Å². The van der Waals surface area contributed by atoms with Crippen LogP contribution in [0.25, 0.3) is 16.7 Å². The zero-order valence-electron chi connectivity index (χ0n) is 19.1. The third-order valence-corrected chi connectivity index (χ3v) is 7.31. The van der Waals surface area contributed by atoms with Gasteiger partial charge in [-0.2, -0.15) is 5.10 Å². The largest absolute Gasteiger partial charge is 0.486 e. The summed E-state index contributed by atoms with van der Waals surface area (Å²) in [4.78, 5) is 24.3. The highest BCUT2D eigenvalue weighted by molar-refractivity contribution is 6.30. The molecule has 2 aliphatic heterocycles. The summed E-state index contributed by atoms with van der Waals surface area (Å²) in [6.45, 7) is 5.56. The van der Waals surface area contributed by atoms with Gasteiger partial charge in [-0.1, -0.05) is 17.7 Å². The van der Waals surface area contributed by atoms with Gasteiger partial charge in [0.2, 0.25) is 0 Å². The van der Waals surface area contributed by atoms with Crippen LogP contribution in [-0.2, 0) is 0 Å². The Balaban J connectivity index is 1.27. The number of ether oxygens (including phenoxy) is 1. The Morgan fingerprint density at radius 1 is 1.06 bits per heavy atom. The highest BCUT2D eigenvalue weighted by atomic mass is 35.5. The maximum atomic E-state index is 13.0. The molecular weight excluding hydrogens is 450 g/mol. The number of rotatable bonds is 2. The van der Waals surface area contributed by atoms with Crippen molar-refractivity contribution in [2.24, 2.45) is 0 Å². The van der Waals surface area contributed by atoms with Crippen LogP contribution < -0.4 is 9.64 Å². The van der Waals surface area contributed by atoms with E-state index in [0.717, 1.165) is 65.3 Å². The summed E-state index contributed by atoms with van der Waals surface area (Å²) in [5.74, 6) is 1.74. The van der Waals surface area contributed by atoms with Gasteiger partial charge in [-0.25, -0.2) is 14.6 Å². The number of aromatic nitrogens is 4. The summed E-state index contributed by atoms with van der Waals surface area (Å²) in [5, 5.41) is 6.08. The van der Waals surface area contributed by atoms with E-state index in [2.05, 4.69) is 26.9 Å². The molecule has 2 aromatic carbocycles. The van der Waals surface area contributed by atoms with E-state index >= 15 is 0 Å². The van der Waals surface area contributed by atoms with Gasteiger partial charge in [0.15, 0.2) is 11.4 Å². The number of anilines is 1. The predicted octanol–water partition coefficient (Wildman–Crippen LogP) is 5.09. The number of carbonyl (C=O) groups excluding carboxylic acids is 1. The van der Waals surface area contributed by atoms with Crippen LogP contribution in [0.3, 0.4) is 0 Å². The Morgan fingerprint density at radius 2 is 1.85 bits per heavy atom. The minimum absolute atomic E-state index is 0.171. The second-order valence-corrected chi connectivity index (χ2v) is 9.71. The molecule has 2 aromatic heterocycles. The van der Waals surface area contributed by atoms with Crippen molar-refractivity contribution < 1.29 is 9.53 Å². The lowest BCUT2D eigenvalue weighted by Gasteiger charge is -2.44. The van der Waals surface area contributed by atoms with Gasteiger partial charge in [-0.3, -0.25) is 4.79 Å². The number of Topliss-reactive ketones (excluding diaryl/α,β-unsaturated/α-hetero) is 1. The van der Waals surface area contributed by atoms with Gasteiger partial charge in [-0.15, -0.1) is 0 Å². The van der Waals surface area contributed by atoms with E-state index in [1.807, 2.05) is 43.3 Å². The standard InChI is InChI=1S/C26H24ClN5O2/c1-16-10-20-22(33)13-26(34-23(20)11-17(16)2)6-8-31(9-7-26)24-21-14-30-32(25(21)29-15-28-24)19-5-3-4-18(27)12-19/h3-5,10-12,14-15H,6-9,13H2,1-2H3. The van der Waals surface area contributed by atoms with Crippen LogP contribution in [0.15, 0.2) is 48.9 Å². The van der Waals surface area contributed by atoms with Gasteiger partial charge in [-0.05, 0) is 55.3 Å². The van der Waals surface area contributed by atoms with Gasteiger partial charge in [0.05, 0.1) is 29.3 Å². The van der Waals surface area contributed by atoms with E-state index in [4.69, 9.17) is 16.3 Å². The fourth-order valence-corrected chi connectivity index (χ4v) is 5.22. The SMILES string of the molecule is Cc1cc2c(cc1C)C(=O)CC1(CCN(c3ncnc4c3cnn4-c3cccc(Cl)c3)CC1)O2. The quantitative estimate of drug-likeness (QED) is 0.403. The molecular formula is C26H24ClN5O2. The molecule has 0 N–H and O–H groups in total. The highest BCUT2D eigenvalue weighted by Gasteiger charge is 2.43. The zero-order chi connectivity index (χ0) is 23.4. The van der Waals surface area contributed by atoms with Crippen molar-refractivity contribution in [3.8, 4) is 11.4 Å². The molecule has 1 saturated heterocycles. The van der Waals surface area contributed by atoms with Crippen LogP contribution in [0, 0.1) is 13.8 Å². The molecule has 6 rings (SSSR count). The van der Waals surface area contributed by atoms with Crippen molar-refractivity contribution >= 4 is 34.2 Å². The smallest absolute Gasteiger partial charge is 0.170 e. The molecule has 0 aliphatic carbocycles. The molecule has 34 heavy (non-hydrogen) atoms. The van der Waals surface area contributed by atoms with Gasteiger partial charge in [0.25, 0.3) is 0 Å². The molecule has 4 heterocycles. The minimum atomic E-state index is -0.459.